The predicted molar refractivity (Wildman–Crippen MR) is 64.7 cm³/mol. The highest BCUT2D eigenvalue weighted by atomic mass is 15.1. The number of nitrogens with two attached hydrogens (primary N) is 1. The van der Waals surface area contributed by atoms with Gasteiger partial charge in [0.1, 0.15) is 6.07 Å². The molecule has 1 heterocycles. The van der Waals surface area contributed by atoms with Gasteiger partial charge in [0.05, 0.1) is 5.56 Å². The number of benzene rings is 1. The molecule has 2 rings (SSSR count). The number of hydrogen-bond donors (Lipinski definition) is 1. The van der Waals surface area contributed by atoms with Crippen LogP contribution in [0.15, 0.2) is 18.2 Å². The molecule has 2 N–H and O–H groups in total. The minimum Gasteiger partial charge on any atom is -0.398 e. The Labute approximate surface area is 96.5 Å². The molecule has 84 valence electrons. The summed E-state index contributed by atoms with van der Waals surface area (Å²) < 4.78 is 0. The summed E-state index contributed by atoms with van der Waals surface area (Å²) in [6.45, 7) is 3.29. The zero-order chi connectivity index (χ0) is 11.4. The van der Waals surface area contributed by atoms with Crippen molar-refractivity contribution in [1.29, 1.82) is 5.26 Å². The number of nitrogen functional groups attached to an aromatic ring is 1. The smallest absolute Gasteiger partial charge is 0.101 e. The molecule has 1 aliphatic rings. The summed E-state index contributed by atoms with van der Waals surface area (Å²) in [5.74, 6) is 0. The molecule has 1 fully saturated rings. The molecule has 3 nitrogen and oxygen atoms in total. The Kier molecular flexibility index (Phi) is 3.43. The van der Waals surface area contributed by atoms with Gasteiger partial charge < -0.3 is 5.73 Å². The normalized spacial score (nSPS) is 16.9. The van der Waals surface area contributed by atoms with E-state index in [0.717, 1.165) is 6.54 Å². The van der Waals surface area contributed by atoms with E-state index in [9.17, 15) is 0 Å². The molecule has 1 saturated heterocycles. The van der Waals surface area contributed by atoms with Crippen molar-refractivity contribution in [2.24, 2.45) is 0 Å². The van der Waals surface area contributed by atoms with Crippen molar-refractivity contribution in [2.45, 2.75) is 25.8 Å². The first-order valence-corrected chi connectivity index (χ1v) is 5.80. The second-order valence-electron chi connectivity index (χ2n) is 4.37. The highest BCUT2D eigenvalue weighted by Gasteiger charge is 2.10. The van der Waals surface area contributed by atoms with Crippen molar-refractivity contribution in [3.63, 3.8) is 0 Å². The van der Waals surface area contributed by atoms with Gasteiger partial charge in [-0.25, -0.2) is 0 Å². The highest BCUT2D eigenvalue weighted by molar-refractivity contribution is 5.55. The summed E-state index contributed by atoms with van der Waals surface area (Å²) in [5.41, 5.74) is 8.05. The number of hydrogen-bond acceptors (Lipinski definition) is 3. The maximum Gasteiger partial charge on any atom is 0.101 e. The van der Waals surface area contributed by atoms with Crippen LogP contribution in [-0.4, -0.2) is 18.0 Å². The van der Waals surface area contributed by atoms with Crippen LogP contribution in [0.25, 0.3) is 0 Å². The lowest BCUT2D eigenvalue weighted by molar-refractivity contribution is 0.221. The average Bonchev–Trinajstić information content (AvgIpc) is 2.33. The van der Waals surface area contributed by atoms with Crippen LogP contribution in [0.5, 0.6) is 0 Å². The Morgan fingerprint density at radius 2 is 2.00 bits per heavy atom. The summed E-state index contributed by atoms with van der Waals surface area (Å²) in [7, 11) is 0. The number of nitrogens with zero attached hydrogens (tertiary/aromatic N) is 2. The number of anilines is 1. The molecule has 0 bridgehead atoms. The van der Waals surface area contributed by atoms with Crippen LogP contribution in [0.4, 0.5) is 5.69 Å². The second kappa shape index (κ2) is 5.00. The third kappa shape index (κ3) is 2.53. The molecule has 0 radical (unpaired) electrons. The predicted octanol–water partition coefficient (Wildman–Crippen LogP) is 2.13. The van der Waals surface area contributed by atoms with E-state index in [-0.39, 0.29) is 0 Å². The summed E-state index contributed by atoms with van der Waals surface area (Å²) in [5, 5.41) is 8.91. The average molecular weight is 215 g/mol. The van der Waals surface area contributed by atoms with Crippen LogP contribution < -0.4 is 5.73 Å². The maximum atomic E-state index is 8.91. The number of nitriles is 1. The molecule has 1 aliphatic heterocycles. The Morgan fingerprint density at radius 1 is 1.25 bits per heavy atom. The van der Waals surface area contributed by atoms with Crippen molar-refractivity contribution in [1.82, 2.24) is 4.90 Å². The van der Waals surface area contributed by atoms with E-state index >= 15 is 0 Å². The van der Waals surface area contributed by atoms with E-state index in [4.69, 9.17) is 11.0 Å². The van der Waals surface area contributed by atoms with Crippen LogP contribution >= 0.6 is 0 Å². The number of likely N-dealkylation sites (tertiary alicyclic amines) is 1. The molecule has 0 aliphatic carbocycles. The van der Waals surface area contributed by atoms with Gasteiger partial charge in [-0.3, -0.25) is 4.90 Å². The Balaban J connectivity index is 2.06. The van der Waals surface area contributed by atoms with Gasteiger partial charge in [0.15, 0.2) is 0 Å². The quantitative estimate of drug-likeness (QED) is 0.769. The first-order valence-electron chi connectivity index (χ1n) is 5.80. The molecule has 16 heavy (non-hydrogen) atoms. The minimum atomic E-state index is 0.574. The topological polar surface area (TPSA) is 53.0 Å². The molecule has 0 spiro atoms. The summed E-state index contributed by atoms with van der Waals surface area (Å²) in [6.07, 6.45) is 3.93. The first kappa shape index (κ1) is 11.0. The van der Waals surface area contributed by atoms with E-state index in [1.807, 2.05) is 18.2 Å². The molecule has 0 amide bonds. The Hall–Kier alpha value is -1.53. The molecular formula is C13H17N3. The van der Waals surface area contributed by atoms with Gasteiger partial charge in [0.2, 0.25) is 0 Å². The number of rotatable bonds is 2. The van der Waals surface area contributed by atoms with Gasteiger partial charge in [-0.1, -0.05) is 12.5 Å². The Bertz CT molecular complexity index is 400. The first-order chi connectivity index (χ1) is 7.79. The molecule has 0 atom stereocenters. The standard InChI is InChI=1S/C13H17N3/c14-9-12-8-11(4-5-13(12)15)10-16-6-2-1-3-7-16/h4-5,8H,1-3,6-7,10,15H2. The van der Waals surface area contributed by atoms with Crippen molar-refractivity contribution in [3.8, 4) is 6.07 Å². The third-order valence-electron chi connectivity index (χ3n) is 3.09. The molecule has 1 aromatic rings. The van der Waals surface area contributed by atoms with Gasteiger partial charge in [0, 0.05) is 12.2 Å². The van der Waals surface area contributed by atoms with E-state index in [2.05, 4.69) is 11.0 Å². The fourth-order valence-corrected chi connectivity index (χ4v) is 2.17. The van der Waals surface area contributed by atoms with Crippen molar-refractivity contribution >= 4 is 5.69 Å². The van der Waals surface area contributed by atoms with Gasteiger partial charge in [-0.05, 0) is 43.6 Å². The minimum absolute atomic E-state index is 0.574. The van der Waals surface area contributed by atoms with E-state index < -0.39 is 0 Å². The van der Waals surface area contributed by atoms with E-state index in [1.165, 1.54) is 37.9 Å². The zero-order valence-corrected chi connectivity index (χ0v) is 9.45. The third-order valence-corrected chi connectivity index (χ3v) is 3.09. The van der Waals surface area contributed by atoms with Crippen LogP contribution in [0.1, 0.15) is 30.4 Å². The lowest BCUT2D eigenvalue weighted by atomic mass is 10.1. The van der Waals surface area contributed by atoms with Crippen LogP contribution in [0.2, 0.25) is 0 Å². The monoisotopic (exact) mass is 215 g/mol. The Morgan fingerprint density at radius 3 is 2.69 bits per heavy atom. The van der Waals surface area contributed by atoms with Crippen molar-refractivity contribution in [2.75, 3.05) is 18.8 Å². The zero-order valence-electron chi connectivity index (χ0n) is 9.45. The van der Waals surface area contributed by atoms with Crippen molar-refractivity contribution < 1.29 is 0 Å². The fourth-order valence-electron chi connectivity index (χ4n) is 2.17. The van der Waals surface area contributed by atoms with Crippen LogP contribution in [0.3, 0.4) is 0 Å². The summed E-state index contributed by atoms with van der Waals surface area (Å²) in [6, 6.07) is 7.89. The van der Waals surface area contributed by atoms with E-state index in [0.29, 0.717) is 11.3 Å². The highest BCUT2D eigenvalue weighted by Crippen LogP contribution is 2.17. The van der Waals surface area contributed by atoms with Crippen molar-refractivity contribution in [3.05, 3.63) is 29.3 Å². The lowest BCUT2D eigenvalue weighted by Crippen LogP contribution is -2.29. The van der Waals surface area contributed by atoms with Gasteiger partial charge in [-0.2, -0.15) is 5.26 Å². The second-order valence-corrected chi connectivity index (χ2v) is 4.37. The maximum absolute atomic E-state index is 8.91. The summed E-state index contributed by atoms with van der Waals surface area (Å²) >= 11 is 0. The largest absolute Gasteiger partial charge is 0.398 e. The van der Waals surface area contributed by atoms with Gasteiger partial charge in [-0.15, -0.1) is 0 Å². The van der Waals surface area contributed by atoms with Crippen LogP contribution in [0, 0.1) is 11.3 Å². The molecule has 1 aromatic carbocycles. The van der Waals surface area contributed by atoms with E-state index in [1.54, 1.807) is 0 Å². The summed E-state index contributed by atoms with van der Waals surface area (Å²) in [4.78, 5) is 2.44. The number of piperidine rings is 1. The SMILES string of the molecule is N#Cc1cc(CN2CCCCC2)ccc1N. The molecule has 0 unspecified atom stereocenters. The molecular weight excluding hydrogens is 198 g/mol. The molecule has 0 aromatic heterocycles. The molecule has 3 heteroatoms. The van der Waals surface area contributed by atoms with Gasteiger partial charge in [0.25, 0.3) is 0 Å². The fraction of sp³-hybridized carbons (Fsp3) is 0.462. The van der Waals surface area contributed by atoms with Gasteiger partial charge >= 0.3 is 0 Å². The lowest BCUT2D eigenvalue weighted by Gasteiger charge is -2.26. The molecule has 0 saturated carbocycles. The van der Waals surface area contributed by atoms with Crippen LogP contribution in [-0.2, 0) is 6.54 Å².